The number of nitrogens with zero attached hydrogens (tertiary/aromatic N) is 4. The fourth-order valence-electron chi connectivity index (χ4n) is 5.22. The van der Waals surface area contributed by atoms with Gasteiger partial charge in [0.1, 0.15) is 23.6 Å². The number of pyridine rings is 2. The van der Waals surface area contributed by atoms with Gasteiger partial charge in [-0.1, -0.05) is 13.8 Å². The number of imidazole rings is 1. The minimum Gasteiger partial charge on any atom is -0.374 e. The average molecular weight is 633 g/mol. The molecular weight excluding hydrogens is 602 g/mol. The van der Waals surface area contributed by atoms with Crippen molar-refractivity contribution in [3.63, 3.8) is 0 Å². The standard InChI is InChI=1S/C31H30F2N8O3S/c1-16(2)8-25(42)37-21-12-19(14-34-15-21)22-4-5-24-26(27(22)33)29(41-40-24)31-38-28-23(6-7-35-30(28)39-31)18-9-17(10-20(32)11-18)13-36-45(3,43)44/h4-7,9-12,14-16,25,36-37,42H,8,13H2,1-3H3,(H,40,41)(H,35,38,39). The minimum absolute atomic E-state index is 0.0834. The Morgan fingerprint density at radius 2 is 1.84 bits per heavy atom. The molecule has 0 aliphatic rings. The summed E-state index contributed by atoms with van der Waals surface area (Å²) in [5.74, 6) is -0.561. The van der Waals surface area contributed by atoms with E-state index < -0.39 is 27.9 Å². The number of aromatic amines is 2. The summed E-state index contributed by atoms with van der Waals surface area (Å²) in [6.45, 7) is 3.93. The number of nitrogens with one attached hydrogen (secondary N) is 4. The summed E-state index contributed by atoms with van der Waals surface area (Å²) >= 11 is 0. The molecule has 0 radical (unpaired) electrons. The number of aliphatic hydroxyl groups excluding tert-OH is 1. The second kappa shape index (κ2) is 12.0. The summed E-state index contributed by atoms with van der Waals surface area (Å²) in [5.41, 5.74) is 4.25. The fraction of sp³-hybridized carbons (Fsp3) is 0.226. The Labute approximate surface area is 257 Å². The van der Waals surface area contributed by atoms with E-state index in [1.807, 2.05) is 13.8 Å². The van der Waals surface area contributed by atoms with Gasteiger partial charge in [-0.25, -0.2) is 31.9 Å². The lowest BCUT2D eigenvalue weighted by Gasteiger charge is -2.16. The van der Waals surface area contributed by atoms with Crippen LogP contribution in [0.2, 0.25) is 0 Å². The van der Waals surface area contributed by atoms with Gasteiger partial charge in [0, 0.05) is 35.6 Å². The van der Waals surface area contributed by atoms with Crippen LogP contribution >= 0.6 is 0 Å². The van der Waals surface area contributed by atoms with Gasteiger partial charge < -0.3 is 15.4 Å². The first-order valence-electron chi connectivity index (χ1n) is 14.1. The fourth-order valence-corrected chi connectivity index (χ4v) is 5.65. The number of anilines is 1. The first kappa shape index (κ1) is 30.2. The van der Waals surface area contributed by atoms with Gasteiger partial charge in [0.15, 0.2) is 11.5 Å². The van der Waals surface area contributed by atoms with Crippen LogP contribution in [-0.4, -0.2) is 56.1 Å². The van der Waals surface area contributed by atoms with Crippen molar-refractivity contribution in [1.29, 1.82) is 0 Å². The number of aliphatic hydroxyl groups is 1. The van der Waals surface area contributed by atoms with Crippen LogP contribution in [0.3, 0.4) is 0 Å². The molecular formula is C31H30F2N8O3S. The van der Waals surface area contributed by atoms with Crippen LogP contribution in [0, 0.1) is 17.6 Å². The van der Waals surface area contributed by atoms with E-state index in [9.17, 15) is 17.9 Å². The van der Waals surface area contributed by atoms with Gasteiger partial charge in [-0.05, 0) is 65.9 Å². The summed E-state index contributed by atoms with van der Waals surface area (Å²) in [6, 6.07) is 11.0. The number of hydrogen-bond donors (Lipinski definition) is 5. The highest BCUT2D eigenvalue weighted by Crippen LogP contribution is 2.36. The van der Waals surface area contributed by atoms with Crippen LogP contribution in [0.15, 0.2) is 61.1 Å². The molecule has 6 rings (SSSR count). The molecule has 5 N–H and O–H groups in total. The summed E-state index contributed by atoms with van der Waals surface area (Å²) in [4.78, 5) is 16.3. The largest absolute Gasteiger partial charge is 0.374 e. The summed E-state index contributed by atoms with van der Waals surface area (Å²) in [5, 5.41) is 20.7. The number of fused-ring (bicyclic) bond motifs is 2. The predicted octanol–water partition coefficient (Wildman–Crippen LogP) is 5.33. The van der Waals surface area contributed by atoms with Crippen LogP contribution in [-0.2, 0) is 16.6 Å². The molecule has 45 heavy (non-hydrogen) atoms. The van der Waals surface area contributed by atoms with Crippen LogP contribution in [0.1, 0.15) is 25.8 Å². The van der Waals surface area contributed by atoms with Crippen molar-refractivity contribution in [3.05, 3.63) is 78.3 Å². The molecule has 0 amide bonds. The summed E-state index contributed by atoms with van der Waals surface area (Å²) < 4.78 is 56.3. The maximum atomic E-state index is 16.2. The molecule has 0 aliphatic carbocycles. The van der Waals surface area contributed by atoms with Gasteiger partial charge in [0.05, 0.1) is 34.6 Å². The van der Waals surface area contributed by atoms with Crippen LogP contribution in [0.25, 0.3) is 55.8 Å². The second-order valence-electron chi connectivity index (χ2n) is 11.3. The zero-order valence-electron chi connectivity index (χ0n) is 24.6. The molecule has 14 heteroatoms. The van der Waals surface area contributed by atoms with Crippen molar-refractivity contribution < 1.29 is 22.3 Å². The number of sulfonamides is 1. The number of aromatic nitrogens is 6. The molecule has 11 nitrogen and oxygen atoms in total. The van der Waals surface area contributed by atoms with E-state index in [4.69, 9.17) is 0 Å². The number of rotatable bonds is 10. The highest BCUT2D eigenvalue weighted by atomic mass is 32.2. The third kappa shape index (κ3) is 6.53. The molecule has 4 heterocycles. The Bertz CT molecular complexity index is 2150. The van der Waals surface area contributed by atoms with E-state index in [0.717, 1.165) is 6.26 Å². The Balaban J connectivity index is 1.39. The molecule has 0 aliphatic heterocycles. The van der Waals surface area contributed by atoms with Crippen molar-refractivity contribution in [2.75, 3.05) is 11.6 Å². The smallest absolute Gasteiger partial charge is 0.209 e. The molecule has 1 unspecified atom stereocenters. The van der Waals surface area contributed by atoms with Crippen molar-refractivity contribution in [1.82, 2.24) is 34.9 Å². The summed E-state index contributed by atoms with van der Waals surface area (Å²) in [7, 11) is -3.48. The molecule has 1 atom stereocenters. The van der Waals surface area contributed by atoms with E-state index in [1.54, 1.807) is 42.7 Å². The van der Waals surface area contributed by atoms with Crippen molar-refractivity contribution in [2.24, 2.45) is 5.92 Å². The molecule has 232 valence electrons. The van der Waals surface area contributed by atoms with E-state index in [-0.39, 0.29) is 34.9 Å². The molecule has 0 saturated carbocycles. The molecule has 2 aromatic carbocycles. The van der Waals surface area contributed by atoms with Crippen LogP contribution in [0.5, 0.6) is 0 Å². The SMILES string of the molecule is CC(C)CC(O)Nc1cncc(-c2ccc3[nH]nc(-c4nc5nccc(-c6cc(F)cc(CNS(C)(=O)=O)c6)c5[nH]4)c3c2F)c1. The lowest BCUT2D eigenvalue weighted by Crippen LogP contribution is -2.21. The topological polar surface area (TPSA) is 162 Å². The van der Waals surface area contributed by atoms with Gasteiger partial charge in [0.2, 0.25) is 10.0 Å². The van der Waals surface area contributed by atoms with Gasteiger partial charge in [-0.15, -0.1) is 0 Å². The molecule has 0 bridgehead atoms. The maximum Gasteiger partial charge on any atom is 0.209 e. The third-order valence-electron chi connectivity index (χ3n) is 7.17. The van der Waals surface area contributed by atoms with E-state index >= 15 is 4.39 Å². The second-order valence-corrected chi connectivity index (χ2v) is 13.1. The number of halogens is 2. The highest BCUT2D eigenvalue weighted by Gasteiger charge is 2.21. The molecule has 0 fully saturated rings. The minimum atomic E-state index is -3.48. The lowest BCUT2D eigenvalue weighted by molar-refractivity contribution is 0.176. The number of hydrogen-bond acceptors (Lipinski definition) is 8. The lowest BCUT2D eigenvalue weighted by atomic mass is 10.0. The predicted molar refractivity (Wildman–Crippen MR) is 168 cm³/mol. The molecule has 0 spiro atoms. The monoisotopic (exact) mass is 632 g/mol. The third-order valence-corrected chi connectivity index (χ3v) is 7.84. The maximum absolute atomic E-state index is 16.2. The van der Waals surface area contributed by atoms with Crippen molar-refractivity contribution in [2.45, 2.75) is 33.0 Å². The quantitative estimate of drug-likeness (QED) is 0.127. The molecule has 6 aromatic rings. The van der Waals surface area contributed by atoms with Gasteiger partial charge in [-0.2, -0.15) is 5.10 Å². The Hall–Kier alpha value is -4.79. The first-order chi connectivity index (χ1) is 21.4. The normalized spacial score (nSPS) is 12.8. The van der Waals surface area contributed by atoms with E-state index in [0.29, 0.717) is 51.0 Å². The molecule has 0 saturated heterocycles. The van der Waals surface area contributed by atoms with Crippen molar-refractivity contribution >= 4 is 37.8 Å². The Kier molecular flexibility index (Phi) is 8.03. The Morgan fingerprint density at radius 3 is 2.62 bits per heavy atom. The number of benzene rings is 2. The molecule has 4 aromatic heterocycles. The zero-order valence-corrected chi connectivity index (χ0v) is 25.4. The van der Waals surface area contributed by atoms with Crippen molar-refractivity contribution in [3.8, 4) is 33.8 Å². The summed E-state index contributed by atoms with van der Waals surface area (Å²) in [6.07, 6.45) is 5.43. The number of H-pyrrole nitrogens is 2. The highest BCUT2D eigenvalue weighted by molar-refractivity contribution is 7.88. The first-order valence-corrected chi connectivity index (χ1v) is 16.0. The van der Waals surface area contributed by atoms with Crippen LogP contribution < -0.4 is 10.0 Å². The van der Waals surface area contributed by atoms with E-state index in [1.165, 1.54) is 18.3 Å². The average Bonchev–Trinajstić information content (AvgIpc) is 3.60. The zero-order chi connectivity index (χ0) is 31.9. The van der Waals surface area contributed by atoms with Gasteiger partial charge in [-0.3, -0.25) is 10.1 Å². The Morgan fingerprint density at radius 1 is 1.02 bits per heavy atom. The van der Waals surface area contributed by atoms with E-state index in [2.05, 4.69) is 40.2 Å². The van der Waals surface area contributed by atoms with Gasteiger partial charge >= 0.3 is 0 Å². The van der Waals surface area contributed by atoms with Crippen LogP contribution in [0.4, 0.5) is 14.5 Å². The van der Waals surface area contributed by atoms with Gasteiger partial charge in [0.25, 0.3) is 0 Å².